The van der Waals surface area contributed by atoms with Crippen LogP contribution in [0.4, 0.5) is 0 Å². The van der Waals surface area contributed by atoms with Crippen LogP contribution in [0.25, 0.3) is 0 Å². The predicted molar refractivity (Wildman–Crippen MR) is 62.0 cm³/mol. The number of hydrogen-bond acceptors (Lipinski definition) is 3. The summed E-state index contributed by atoms with van der Waals surface area (Å²) in [6.07, 6.45) is 2.86. The second-order valence-electron chi connectivity index (χ2n) is 3.65. The lowest BCUT2D eigenvalue weighted by Crippen LogP contribution is -2.21. The molecule has 2 unspecified atom stereocenters. The smallest absolute Gasteiger partial charge is 0.148 e. The molecule has 0 aromatic carbocycles. The molecule has 0 spiro atoms. The van der Waals surface area contributed by atoms with Gasteiger partial charge in [-0.15, -0.1) is 11.6 Å². The zero-order valence-electron chi connectivity index (χ0n) is 8.72. The molecule has 1 aromatic heterocycles. The Morgan fingerprint density at radius 1 is 1.47 bits per heavy atom. The van der Waals surface area contributed by atoms with Crippen LogP contribution in [0.2, 0.25) is 0 Å². The van der Waals surface area contributed by atoms with E-state index in [1.807, 2.05) is 25.1 Å². The Kier molecular flexibility index (Phi) is 4.11. The van der Waals surface area contributed by atoms with Crippen LogP contribution < -0.4 is 0 Å². The van der Waals surface area contributed by atoms with Crippen molar-refractivity contribution in [3.05, 3.63) is 30.1 Å². The first-order chi connectivity index (χ1) is 6.90. The average molecular weight is 248 g/mol. The third-order valence-corrected chi connectivity index (χ3v) is 3.84. The van der Waals surface area contributed by atoms with E-state index in [9.17, 15) is 8.42 Å². The molecule has 0 N–H and O–H groups in total. The van der Waals surface area contributed by atoms with Gasteiger partial charge < -0.3 is 0 Å². The van der Waals surface area contributed by atoms with Crippen LogP contribution in [0.5, 0.6) is 0 Å². The highest BCUT2D eigenvalue weighted by Gasteiger charge is 2.21. The zero-order valence-corrected chi connectivity index (χ0v) is 10.3. The van der Waals surface area contributed by atoms with Gasteiger partial charge in [0.25, 0.3) is 0 Å². The van der Waals surface area contributed by atoms with Gasteiger partial charge in [0, 0.05) is 24.1 Å². The van der Waals surface area contributed by atoms with Crippen molar-refractivity contribution < 1.29 is 8.42 Å². The number of halogens is 1. The minimum Gasteiger partial charge on any atom is -0.261 e. The Morgan fingerprint density at radius 3 is 2.60 bits per heavy atom. The quantitative estimate of drug-likeness (QED) is 0.763. The van der Waals surface area contributed by atoms with Crippen molar-refractivity contribution in [2.24, 2.45) is 0 Å². The van der Waals surface area contributed by atoms with Crippen LogP contribution in [0.15, 0.2) is 24.4 Å². The average Bonchev–Trinajstić information content (AvgIpc) is 2.15. The monoisotopic (exact) mass is 247 g/mol. The highest BCUT2D eigenvalue weighted by Crippen LogP contribution is 2.22. The van der Waals surface area contributed by atoms with Crippen LogP contribution in [-0.2, 0) is 9.84 Å². The fourth-order valence-corrected chi connectivity index (χ4v) is 2.95. The maximum atomic E-state index is 11.1. The molecule has 0 radical (unpaired) electrons. The van der Waals surface area contributed by atoms with Gasteiger partial charge in [-0.2, -0.15) is 0 Å². The van der Waals surface area contributed by atoms with E-state index in [2.05, 4.69) is 4.98 Å². The van der Waals surface area contributed by atoms with E-state index in [4.69, 9.17) is 11.6 Å². The molecule has 0 aliphatic rings. The minimum atomic E-state index is -3.04. The number of sulfone groups is 1. The largest absolute Gasteiger partial charge is 0.261 e. The first-order valence-electron chi connectivity index (χ1n) is 4.63. The van der Waals surface area contributed by atoms with Crippen molar-refractivity contribution in [3.8, 4) is 0 Å². The van der Waals surface area contributed by atoms with Crippen LogP contribution in [0, 0.1) is 0 Å². The van der Waals surface area contributed by atoms with Gasteiger partial charge in [-0.05, 0) is 12.1 Å². The Balaban J connectivity index is 2.73. The van der Waals surface area contributed by atoms with E-state index in [1.54, 1.807) is 6.20 Å². The first-order valence-corrected chi connectivity index (χ1v) is 7.12. The normalized spacial score (nSPS) is 15.9. The van der Waals surface area contributed by atoms with Gasteiger partial charge in [-0.25, -0.2) is 8.42 Å². The molecule has 1 heterocycles. The van der Waals surface area contributed by atoms with Crippen molar-refractivity contribution in [2.75, 3.05) is 12.0 Å². The third-order valence-electron chi connectivity index (χ3n) is 2.16. The van der Waals surface area contributed by atoms with Crippen LogP contribution >= 0.6 is 11.6 Å². The number of aromatic nitrogens is 1. The minimum absolute atomic E-state index is 0.0215. The van der Waals surface area contributed by atoms with Gasteiger partial charge in [0.05, 0.1) is 11.1 Å². The lowest BCUT2D eigenvalue weighted by molar-refractivity contribution is 0.594. The Labute approximate surface area is 95.4 Å². The molecule has 0 bridgehead atoms. The topological polar surface area (TPSA) is 47.0 Å². The van der Waals surface area contributed by atoms with E-state index >= 15 is 0 Å². The second kappa shape index (κ2) is 4.94. The summed E-state index contributed by atoms with van der Waals surface area (Å²) in [6.45, 7) is 1.88. The predicted octanol–water partition coefficient (Wildman–Crippen LogP) is 1.84. The number of alkyl halides is 1. The van der Waals surface area contributed by atoms with Crippen LogP contribution in [-0.4, -0.2) is 30.8 Å². The molecule has 84 valence electrons. The number of hydrogen-bond donors (Lipinski definition) is 0. The van der Waals surface area contributed by atoms with E-state index in [-0.39, 0.29) is 11.7 Å². The molecule has 0 saturated carbocycles. The molecule has 5 heteroatoms. The van der Waals surface area contributed by atoms with Gasteiger partial charge in [0.15, 0.2) is 0 Å². The van der Waals surface area contributed by atoms with Crippen molar-refractivity contribution in [2.45, 2.75) is 18.2 Å². The molecular weight excluding hydrogens is 234 g/mol. The highest BCUT2D eigenvalue weighted by molar-refractivity contribution is 7.90. The summed E-state index contributed by atoms with van der Waals surface area (Å²) in [6, 6.07) is 5.53. The molecular formula is C10H14ClNO2S. The molecule has 0 saturated heterocycles. The molecule has 1 aromatic rings. The Morgan fingerprint density at radius 2 is 2.13 bits per heavy atom. The van der Waals surface area contributed by atoms with E-state index in [0.29, 0.717) is 0 Å². The first kappa shape index (κ1) is 12.5. The second-order valence-corrected chi connectivity index (χ2v) is 6.40. The van der Waals surface area contributed by atoms with Crippen molar-refractivity contribution in [1.82, 2.24) is 4.98 Å². The van der Waals surface area contributed by atoms with E-state index in [1.165, 1.54) is 6.26 Å². The summed E-state index contributed by atoms with van der Waals surface area (Å²) in [7, 11) is -3.04. The van der Waals surface area contributed by atoms with E-state index in [0.717, 1.165) is 5.69 Å². The number of pyridine rings is 1. The summed E-state index contributed by atoms with van der Waals surface area (Å²) in [4.78, 5) is 4.15. The lowest BCUT2D eigenvalue weighted by Gasteiger charge is -2.16. The van der Waals surface area contributed by atoms with Gasteiger partial charge in [0.2, 0.25) is 0 Å². The molecule has 3 nitrogen and oxygen atoms in total. The summed E-state index contributed by atoms with van der Waals surface area (Å²) in [5.74, 6) is -0.0886. The van der Waals surface area contributed by atoms with Gasteiger partial charge >= 0.3 is 0 Å². The third kappa shape index (κ3) is 4.18. The Hall–Kier alpha value is -0.610. The molecule has 0 amide bonds. The fraction of sp³-hybridized carbons (Fsp3) is 0.500. The molecule has 0 aliphatic heterocycles. The maximum Gasteiger partial charge on any atom is 0.148 e. The van der Waals surface area contributed by atoms with Crippen LogP contribution in [0.1, 0.15) is 18.5 Å². The maximum absolute atomic E-state index is 11.1. The lowest BCUT2D eigenvalue weighted by atomic mass is 10.0. The van der Waals surface area contributed by atoms with E-state index < -0.39 is 15.2 Å². The van der Waals surface area contributed by atoms with Crippen molar-refractivity contribution >= 4 is 21.4 Å². The molecule has 0 fully saturated rings. The molecule has 2 atom stereocenters. The summed E-state index contributed by atoms with van der Waals surface area (Å²) >= 11 is 6.03. The standard InChI is InChI=1S/C10H14ClNO2S/c1-8(9(11)7-15(2,13)14)10-5-3-4-6-12-10/h3-6,8-9H,7H2,1-2H3. The number of nitrogens with zero attached hydrogens (tertiary/aromatic N) is 1. The fourth-order valence-electron chi connectivity index (χ4n) is 1.26. The van der Waals surface area contributed by atoms with Crippen molar-refractivity contribution in [3.63, 3.8) is 0 Å². The Bertz CT molecular complexity index is 405. The van der Waals surface area contributed by atoms with Crippen molar-refractivity contribution in [1.29, 1.82) is 0 Å². The molecule has 15 heavy (non-hydrogen) atoms. The highest BCUT2D eigenvalue weighted by atomic mass is 35.5. The van der Waals surface area contributed by atoms with Gasteiger partial charge in [-0.1, -0.05) is 13.0 Å². The molecule has 0 aliphatic carbocycles. The van der Waals surface area contributed by atoms with Gasteiger partial charge in [-0.3, -0.25) is 4.98 Å². The van der Waals surface area contributed by atoms with Crippen LogP contribution in [0.3, 0.4) is 0 Å². The summed E-state index contributed by atoms with van der Waals surface area (Å²) in [5.41, 5.74) is 0.821. The molecule has 1 rings (SSSR count). The summed E-state index contributed by atoms with van der Waals surface area (Å²) < 4.78 is 22.1. The number of rotatable bonds is 4. The van der Waals surface area contributed by atoms with Gasteiger partial charge in [0.1, 0.15) is 9.84 Å². The summed E-state index contributed by atoms with van der Waals surface area (Å²) in [5, 5.41) is -0.435. The zero-order chi connectivity index (χ0) is 11.5. The SMILES string of the molecule is CC(c1ccccn1)C(Cl)CS(C)(=O)=O.